The van der Waals surface area contributed by atoms with Crippen molar-refractivity contribution in [2.24, 2.45) is 5.73 Å². The maximum atomic E-state index is 12.8. The molecule has 1 aromatic carbocycles. The highest BCUT2D eigenvalue weighted by atomic mass is 32.2. The molecule has 1 fully saturated rings. The predicted octanol–water partition coefficient (Wildman–Crippen LogP) is 1.68. The number of phosphoric ester groups is 1. The van der Waals surface area contributed by atoms with Crippen LogP contribution in [-0.4, -0.2) is 97.4 Å². The minimum Gasteiger partial charge on any atom is -0.390 e. The van der Waals surface area contributed by atoms with Crippen LogP contribution in [0.25, 0.3) is 11.2 Å². The Morgan fingerprint density at radius 2 is 1.92 bits per heavy atom. The van der Waals surface area contributed by atoms with Crippen LogP contribution in [-0.2, 0) is 34.4 Å². The summed E-state index contributed by atoms with van der Waals surface area (Å²) >= 11 is 1.59. The largest absolute Gasteiger partial charge is 0.472 e. The molecule has 0 spiro atoms. The summed E-state index contributed by atoms with van der Waals surface area (Å²) in [6.45, 7) is 0.0557. The van der Waals surface area contributed by atoms with E-state index in [0.29, 0.717) is 55.6 Å². The Balaban J connectivity index is 1.09. The van der Waals surface area contributed by atoms with E-state index >= 15 is 0 Å². The molecular formula is C30H45N8O8PS. The van der Waals surface area contributed by atoms with Crippen LogP contribution < -0.4 is 22.1 Å². The van der Waals surface area contributed by atoms with Gasteiger partial charge in [-0.3, -0.25) is 23.2 Å². The van der Waals surface area contributed by atoms with Crippen molar-refractivity contribution < 1.29 is 37.9 Å². The van der Waals surface area contributed by atoms with E-state index in [1.807, 2.05) is 36.6 Å². The van der Waals surface area contributed by atoms with E-state index in [4.69, 9.17) is 25.3 Å². The first-order chi connectivity index (χ1) is 23.1. The molecule has 0 bridgehead atoms. The molecule has 3 heterocycles. The first-order valence-electron chi connectivity index (χ1n) is 15.8. The van der Waals surface area contributed by atoms with Gasteiger partial charge in [-0.25, -0.2) is 19.5 Å². The smallest absolute Gasteiger partial charge is 0.390 e. The van der Waals surface area contributed by atoms with Crippen molar-refractivity contribution in [3.8, 4) is 0 Å². The van der Waals surface area contributed by atoms with Gasteiger partial charge in [-0.05, 0) is 43.3 Å². The highest BCUT2D eigenvalue weighted by Gasteiger charge is 2.38. The van der Waals surface area contributed by atoms with Gasteiger partial charge in [0, 0.05) is 13.0 Å². The van der Waals surface area contributed by atoms with Gasteiger partial charge in [0.05, 0.1) is 31.7 Å². The van der Waals surface area contributed by atoms with Crippen molar-refractivity contribution in [1.82, 2.24) is 30.2 Å². The number of nitrogens with one attached hydrogen (secondary N) is 2. The van der Waals surface area contributed by atoms with Crippen LogP contribution in [0.2, 0.25) is 0 Å². The number of hydrogen-bond acceptors (Lipinski definition) is 13. The molecule has 18 heteroatoms. The number of nitrogens with two attached hydrogens (primary N) is 2. The minimum absolute atomic E-state index is 0.00891. The number of imidazole rings is 1. The fourth-order valence-electron chi connectivity index (χ4n) is 5.16. The lowest BCUT2D eigenvalue weighted by atomic mass is 10.1. The Kier molecular flexibility index (Phi) is 14.6. The third-order valence-corrected chi connectivity index (χ3v) is 9.44. The van der Waals surface area contributed by atoms with Crippen molar-refractivity contribution in [2.75, 3.05) is 37.5 Å². The molecule has 4 rings (SSSR count). The molecule has 0 saturated carbocycles. The predicted molar refractivity (Wildman–Crippen MR) is 181 cm³/mol. The Bertz CT molecular complexity index is 1520. The summed E-state index contributed by atoms with van der Waals surface area (Å²) < 4.78 is 30.0. The number of fused-ring (bicyclic) bond motifs is 1. The van der Waals surface area contributed by atoms with Crippen LogP contribution in [0.4, 0.5) is 5.82 Å². The van der Waals surface area contributed by atoms with Gasteiger partial charge in [0.2, 0.25) is 11.8 Å². The third kappa shape index (κ3) is 11.2. The standard InChI is InChI=1S/C30H45N8O8PS/c1-48-14-11-22(37-29(40)21(31)15-20-9-5-4-6-10-20)30(41)33-12-7-2-3-8-13-44-47(42,43)45-17-24-23(39)16-25(46-24)38-19-36-26-27(32)34-18-35-28(26)38/h4-6,9-10,18-19,21-25,39H,2-3,7-8,11-17,31H2,1H3,(H,33,41)(H,37,40)(H,42,43)(H2,32,34,35)/t21-,22-,23-,24+,25+/m0/s1. The van der Waals surface area contributed by atoms with Crippen molar-refractivity contribution in [2.45, 2.75) is 75.5 Å². The highest BCUT2D eigenvalue weighted by molar-refractivity contribution is 7.98. The van der Waals surface area contributed by atoms with Crippen LogP contribution in [0.5, 0.6) is 0 Å². The van der Waals surface area contributed by atoms with E-state index in [1.165, 1.54) is 12.7 Å². The number of aliphatic hydroxyl groups excluding tert-OH is 1. The second-order valence-electron chi connectivity index (χ2n) is 11.5. The SMILES string of the molecule is CSCC[C@H](NC(=O)[C@@H](N)Cc1ccccc1)C(=O)NCCCCCCOP(=O)(O)OC[C@H]1O[C@@H](n2cnc3c(N)ncnc32)C[C@@H]1O. The topological polar surface area (TPSA) is 239 Å². The molecular weight excluding hydrogens is 663 g/mol. The van der Waals surface area contributed by atoms with Gasteiger partial charge in [0.25, 0.3) is 0 Å². The molecule has 264 valence electrons. The second kappa shape index (κ2) is 18.6. The van der Waals surface area contributed by atoms with Crippen LogP contribution in [0.3, 0.4) is 0 Å². The number of carbonyl (C=O) groups excluding carboxylic acids is 2. The molecule has 0 aliphatic carbocycles. The number of ether oxygens (including phenoxy) is 1. The number of rotatable bonds is 20. The van der Waals surface area contributed by atoms with Gasteiger partial charge in [-0.15, -0.1) is 0 Å². The van der Waals surface area contributed by atoms with Gasteiger partial charge < -0.3 is 36.8 Å². The molecule has 1 aliphatic heterocycles. The molecule has 1 saturated heterocycles. The monoisotopic (exact) mass is 708 g/mol. The molecule has 48 heavy (non-hydrogen) atoms. The van der Waals surface area contributed by atoms with Gasteiger partial charge in [0.1, 0.15) is 30.2 Å². The number of benzene rings is 1. The number of unbranched alkanes of at least 4 members (excludes halogenated alkanes) is 3. The lowest BCUT2D eigenvalue weighted by molar-refractivity contribution is -0.129. The fraction of sp³-hybridized carbons (Fsp3) is 0.567. The van der Waals surface area contributed by atoms with E-state index < -0.39 is 38.3 Å². The van der Waals surface area contributed by atoms with Crippen molar-refractivity contribution in [3.05, 3.63) is 48.5 Å². The lowest BCUT2D eigenvalue weighted by Gasteiger charge is -2.20. The van der Waals surface area contributed by atoms with Crippen molar-refractivity contribution in [1.29, 1.82) is 0 Å². The summed E-state index contributed by atoms with van der Waals surface area (Å²) in [6.07, 6.45) is 5.93. The number of anilines is 1. The summed E-state index contributed by atoms with van der Waals surface area (Å²) in [7, 11) is -4.38. The minimum atomic E-state index is -4.38. The van der Waals surface area contributed by atoms with Crippen LogP contribution >= 0.6 is 19.6 Å². The van der Waals surface area contributed by atoms with E-state index in [1.54, 1.807) is 16.3 Å². The summed E-state index contributed by atoms with van der Waals surface area (Å²) in [5, 5.41) is 16.1. The zero-order valence-electron chi connectivity index (χ0n) is 26.8. The van der Waals surface area contributed by atoms with Crippen molar-refractivity contribution >= 4 is 48.4 Å². The van der Waals surface area contributed by atoms with Crippen LogP contribution in [0.1, 0.15) is 50.3 Å². The number of aromatic nitrogens is 4. The number of amides is 2. The molecule has 16 nitrogen and oxygen atoms in total. The van der Waals surface area contributed by atoms with E-state index in [9.17, 15) is 24.2 Å². The Morgan fingerprint density at radius 3 is 2.69 bits per heavy atom. The Labute approximate surface area is 283 Å². The molecule has 0 radical (unpaired) electrons. The highest BCUT2D eigenvalue weighted by Crippen LogP contribution is 2.44. The van der Waals surface area contributed by atoms with Crippen LogP contribution in [0.15, 0.2) is 43.0 Å². The van der Waals surface area contributed by atoms with Crippen molar-refractivity contribution in [3.63, 3.8) is 0 Å². The van der Waals surface area contributed by atoms with E-state index in [2.05, 4.69) is 25.6 Å². The van der Waals surface area contributed by atoms with Gasteiger partial charge in [0.15, 0.2) is 11.5 Å². The zero-order valence-corrected chi connectivity index (χ0v) is 28.6. The zero-order chi connectivity index (χ0) is 34.5. The third-order valence-electron chi connectivity index (χ3n) is 7.81. The molecule has 1 aliphatic rings. The molecule has 3 aromatic rings. The molecule has 1 unspecified atom stereocenters. The average molecular weight is 709 g/mol. The average Bonchev–Trinajstić information content (AvgIpc) is 3.67. The van der Waals surface area contributed by atoms with Gasteiger partial charge >= 0.3 is 7.82 Å². The number of hydrogen-bond donors (Lipinski definition) is 6. The Hall–Kier alpha value is -3.15. The molecule has 6 atom stereocenters. The number of thioether (sulfide) groups is 1. The lowest BCUT2D eigenvalue weighted by Crippen LogP contribution is -2.52. The number of phosphoric acid groups is 1. The summed E-state index contributed by atoms with van der Waals surface area (Å²) in [5.41, 5.74) is 13.7. The van der Waals surface area contributed by atoms with Gasteiger partial charge in [-0.2, -0.15) is 11.8 Å². The maximum Gasteiger partial charge on any atom is 0.472 e. The number of carbonyl (C=O) groups is 2. The summed E-state index contributed by atoms with van der Waals surface area (Å²) in [6, 6.07) is 8.03. The van der Waals surface area contributed by atoms with Crippen LogP contribution in [0, 0.1) is 0 Å². The molecule has 2 amide bonds. The summed E-state index contributed by atoms with van der Waals surface area (Å²) in [5.74, 6) is 0.293. The number of nitrogen functional groups attached to an aromatic ring is 1. The quantitative estimate of drug-likeness (QED) is 0.0723. The first-order valence-corrected chi connectivity index (χ1v) is 18.7. The fourth-order valence-corrected chi connectivity index (χ4v) is 6.40. The number of aliphatic hydroxyl groups is 1. The van der Waals surface area contributed by atoms with E-state index in [0.717, 1.165) is 12.0 Å². The number of nitrogens with zero attached hydrogens (tertiary/aromatic N) is 4. The maximum absolute atomic E-state index is 12.8. The van der Waals surface area contributed by atoms with E-state index in [-0.39, 0.29) is 37.3 Å². The second-order valence-corrected chi connectivity index (χ2v) is 13.9. The molecule has 2 aromatic heterocycles. The van der Waals surface area contributed by atoms with Gasteiger partial charge in [-0.1, -0.05) is 43.2 Å². The summed E-state index contributed by atoms with van der Waals surface area (Å²) in [4.78, 5) is 47.9. The Morgan fingerprint density at radius 1 is 1.15 bits per heavy atom. The first kappa shape index (κ1) is 37.7. The molecule has 8 N–H and O–H groups in total. The normalized spacial score (nSPS) is 20.3.